The molecule has 5 nitrogen and oxygen atoms in total. The number of halogens is 1. The van der Waals surface area contributed by atoms with Gasteiger partial charge in [0, 0.05) is 10.5 Å². The lowest BCUT2D eigenvalue weighted by Gasteiger charge is -2.16. The van der Waals surface area contributed by atoms with E-state index in [1.165, 1.54) is 6.39 Å². The fourth-order valence-electron chi connectivity index (χ4n) is 1.98. The zero-order valence-electron chi connectivity index (χ0n) is 11.6. The van der Waals surface area contributed by atoms with Crippen molar-refractivity contribution < 1.29 is 9.26 Å². The molecule has 6 heteroatoms. The lowest BCUT2D eigenvalue weighted by atomic mass is 10.0. The van der Waals surface area contributed by atoms with E-state index in [1.54, 1.807) is 0 Å². The van der Waals surface area contributed by atoms with E-state index in [-0.39, 0.29) is 12.6 Å². The van der Waals surface area contributed by atoms with Crippen molar-refractivity contribution in [3.63, 3.8) is 0 Å². The lowest BCUT2D eigenvalue weighted by molar-refractivity contribution is 0.281. The van der Waals surface area contributed by atoms with Crippen molar-refractivity contribution in [2.45, 2.75) is 39.3 Å². The first-order valence-corrected chi connectivity index (χ1v) is 7.32. The van der Waals surface area contributed by atoms with E-state index in [0.29, 0.717) is 5.82 Å². The molecule has 0 spiro atoms. The minimum atomic E-state index is 0.122. The molecule has 1 unspecified atom stereocenters. The van der Waals surface area contributed by atoms with Crippen molar-refractivity contribution in [1.82, 2.24) is 10.1 Å². The first kappa shape index (κ1) is 15.0. The highest BCUT2D eigenvalue weighted by atomic mass is 79.9. The molecule has 2 rings (SSSR count). The maximum atomic E-state index is 6.05. The second kappa shape index (κ2) is 6.85. The van der Waals surface area contributed by atoms with Crippen molar-refractivity contribution in [2.75, 3.05) is 0 Å². The molecule has 1 atom stereocenters. The third kappa shape index (κ3) is 3.80. The van der Waals surface area contributed by atoms with Gasteiger partial charge in [-0.1, -0.05) is 28.0 Å². The van der Waals surface area contributed by atoms with Crippen LogP contribution in [-0.4, -0.2) is 16.2 Å². The van der Waals surface area contributed by atoms with Crippen LogP contribution in [0.15, 0.2) is 27.5 Å². The number of hydrogen-bond acceptors (Lipinski definition) is 5. The summed E-state index contributed by atoms with van der Waals surface area (Å²) >= 11 is 3.51. The van der Waals surface area contributed by atoms with E-state index in [9.17, 15) is 0 Å². The smallest absolute Gasteiger partial charge is 0.213 e. The molecule has 2 N–H and O–H groups in total. The van der Waals surface area contributed by atoms with Crippen LogP contribution in [0.5, 0.6) is 5.75 Å². The summed E-state index contributed by atoms with van der Waals surface area (Å²) in [6, 6.07) is 4.19. The van der Waals surface area contributed by atoms with E-state index in [2.05, 4.69) is 33.0 Å². The number of rotatable bonds is 6. The van der Waals surface area contributed by atoms with Gasteiger partial charge >= 0.3 is 0 Å². The molecule has 1 aromatic carbocycles. The second-order valence-corrected chi connectivity index (χ2v) is 5.64. The molecule has 0 bridgehead atoms. The van der Waals surface area contributed by atoms with Gasteiger partial charge < -0.3 is 15.0 Å². The number of nitrogens with zero attached hydrogens (tertiary/aromatic N) is 2. The summed E-state index contributed by atoms with van der Waals surface area (Å²) < 4.78 is 11.6. The van der Waals surface area contributed by atoms with Crippen molar-refractivity contribution in [3.8, 4) is 5.75 Å². The lowest BCUT2D eigenvalue weighted by Crippen LogP contribution is -2.22. The predicted octanol–water partition coefficient (Wildman–Crippen LogP) is 3.00. The highest BCUT2D eigenvalue weighted by molar-refractivity contribution is 9.10. The maximum Gasteiger partial charge on any atom is 0.213 e. The molecule has 0 fully saturated rings. The highest BCUT2D eigenvalue weighted by Crippen LogP contribution is 2.29. The Balaban J connectivity index is 2.20. The number of aryl methyl sites for hydroxylation is 1. The van der Waals surface area contributed by atoms with Gasteiger partial charge in [0.1, 0.15) is 5.75 Å². The molecule has 0 saturated heterocycles. The quantitative estimate of drug-likeness (QED) is 0.875. The maximum absolute atomic E-state index is 6.05. The van der Waals surface area contributed by atoms with Gasteiger partial charge in [0.2, 0.25) is 12.2 Å². The van der Waals surface area contributed by atoms with E-state index in [0.717, 1.165) is 34.2 Å². The summed E-state index contributed by atoms with van der Waals surface area (Å²) in [6.07, 6.45) is 3.00. The molecule has 0 saturated carbocycles. The van der Waals surface area contributed by atoms with E-state index in [4.69, 9.17) is 15.0 Å². The van der Waals surface area contributed by atoms with E-state index < -0.39 is 0 Å². The van der Waals surface area contributed by atoms with Crippen LogP contribution < -0.4 is 10.5 Å². The monoisotopic (exact) mass is 339 g/mol. The van der Waals surface area contributed by atoms with Crippen molar-refractivity contribution in [3.05, 3.63) is 40.0 Å². The fraction of sp³-hybridized carbons (Fsp3) is 0.429. The molecule has 0 aliphatic rings. The minimum Gasteiger partial charge on any atom is -0.485 e. The summed E-state index contributed by atoms with van der Waals surface area (Å²) in [7, 11) is 0. The Morgan fingerprint density at radius 1 is 1.45 bits per heavy atom. The van der Waals surface area contributed by atoms with E-state index >= 15 is 0 Å². The first-order chi connectivity index (χ1) is 9.60. The normalized spacial score (nSPS) is 12.4. The van der Waals surface area contributed by atoms with Crippen molar-refractivity contribution in [1.29, 1.82) is 0 Å². The summed E-state index contributed by atoms with van der Waals surface area (Å²) in [5.74, 6) is 1.37. The zero-order valence-corrected chi connectivity index (χ0v) is 13.2. The van der Waals surface area contributed by atoms with Gasteiger partial charge in [-0.2, -0.15) is 4.98 Å². The largest absolute Gasteiger partial charge is 0.485 e. The molecule has 0 aliphatic carbocycles. The van der Waals surface area contributed by atoms with E-state index in [1.807, 2.05) is 19.1 Å². The number of aromatic nitrogens is 2. The Hall–Kier alpha value is -1.40. The zero-order chi connectivity index (χ0) is 14.5. The topological polar surface area (TPSA) is 74.2 Å². The number of nitrogens with two attached hydrogens (primary N) is 1. The summed E-state index contributed by atoms with van der Waals surface area (Å²) in [6.45, 7) is 4.37. The van der Waals surface area contributed by atoms with Crippen LogP contribution >= 0.6 is 15.9 Å². The first-order valence-electron chi connectivity index (χ1n) is 6.52. The van der Waals surface area contributed by atoms with Gasteiger partial charge in [-0.05, 0) is 43.0 Å². The molecule has 0 aliphatic heterocycles. The van der Waals surface area contributed by atoms with Crippen molar-refractivity contribution in [2.24, 2.45) is 5.73 Å². The number of benzene rings is 1. The molecular weight excluding hydrogens is 322 g/mol. The third-order valence-corrected chi connectivity index (χ3v) is 3.53. The Morgan fingerprint density at radius 3 is 2.90 bits per heavy atom. The van der Waals surface area contributed by atoms with Gasteiger partial charge in [0.25, 0.3) is 0 Å². The average Bonchev–Trinajstić information content (AvgIpc) is 2.90. The Labute approximate surface area is 126 Å². The highest BCUT2D eigenvalue weighted by Gasteiger charge is 2.13. The number of ether oxygens (including phenoxy) is 1. The summed E-state index contributed by atoms with van der Waals surface area (Å²) in [5, 5.41) is 3.74. The van der Waals surface area contributed by atoms with Crippen LogP contribution in [0.3, 0.4) is 0 Å². The van der Waals surface area contributed by atoms with Gasteiger partial charge in [0.15, 0.2) is 6.61 Å². The number of hydrogen-bond donors (Lipinski definition) is 1. The summed E-state index contributed by atoms with van der Waals surface area (Å²) in [4.78, 5) is 3.95. The SMILES string of the molecule is CCC(N)Cc1cc(Br)cc(C)c1OCc1ncon1. The standard InChI is InChI=1S/C14H18BrN3O2/c1-3-12(16)6-10-5-11(15)4-9(2)14(10)19-7-13-17-8-20-18-13/h4-5,8,12H,3,6-7,16H2,1-2H3. The van der Waals surface area contributed by atoms with Gasteiger partial charge in [-0.25, -0.2) is 0 Å². The van der Waals surface area contributed by atoms with Crippen LogP contribution in [0, 0.1) is 6.92 Å². The van der Waals surface area contributed by atoms with Crippen LogP contribution in [0.4, 0.5) is 0 Å². The molecule has 1 heterocycles. The average molecular weight is 340 g/mol. The molecule has 0 amide bonds. The molecule has 108 valence electrons. The van der Waals surface area contributed by atoms with Gasteiger partial charge in [0.05, 0.1) is 0 Å². The third-order valence-electron chi connectivity index (χ3n) is 3.08. The summed E-state index contributed by atoms with van der Waals surface area (Å²) in [5.41, 5.74) is 8.20. The molecule has 0 radical (unpaired) electrons. The molecular formula is C14H18BrN3O2. The van der Waals surface area contributed by atoms with Crippen LogP contribution in [0.25, 0.3) is 0 Å². The molecule has 1 aromatic heterocycles. The van der Waals surface area contributed by atoms with Gasteiger partial charge in [-0.15, -0.1) is 0 Å². The van der Waals surface area contributed by atoms with Crippen molar-refractivity contribution >= 4 is 15.9 Å². The molecule has 2 aromatic rings. The van der Waals surface area contributed by atoms with Gasteiger partial charge in [-0.3, -0.25) is 0 Å². The van der Waals surface area contributed by atoms with Crippen LogP contribution in [0.1, 0.15) is 30.3 Å². The Bertz CT molecular complexity index is 558. The predicted molar refractivity (Wildman–Crippen MR) is 79.5 cm³/mol. The fourth-order valence-corrected chi connectivity index (χ4v) is 2.60. The molecule has 20 heavy (non-hydrogen) atoms. The second-order valence-electron chi connectivity index (χ2n) is 4.72. The van der Waals surface area contributed by atoms with Crippen LogP contribution in [0.2, 0.25) is 0 Å². The van der Waals surface area contributed by atoms with Crippen LogP contribution in [-0.2, 0) is 13.0 Å². The minimum absolute atomic E-state index is 0.122. The Kier molecular flexibility index (Phi) is 5.14. The Morgan fingerprint density at radius 2 is 2.25 bits per heavy atom.